The third kappa shape index (κ3) is 2.11. The number of nitrogens with one attached hydrogen (secondary N) is 1. The average Bonchev–Trinajstić information content (AvgIpc) is 3.03. The van der Waals surface area contributed by atoms with E-state index in [9.17, 15) is 18.0 Å². The highest BCUT2D eigenvalue weighted by molar-refractivity contribution is 5.99. The van der Waals surface area contributed by atoms with Crippen molar-refractivity contribution in [2.75, 3.05) is 0 Å². The highest BCUT2D eigenvalue weighted by Gasteiger charge is 2.31. The summed E-state index contributed by atoms with van der Waals surface area (Å²) in [5.41, 5.74) is 1.07. The third-order valence-electron chi connectivity index (χ3n) is 4.08. The number of rotatable bonds is 2. The van der Waals surface area contributed by atoms with Crippen LogP contribution in [0.3, 0.4) is 0 Å². The van der Waals surface area contributed by atoms with Gasteiger partial charge in [0.25, 0.3) is 0 Å². The summed E-state index contributed by atoms with van der Waals surface area (Å²) in [5.74, 6) is 0.261. The number of halogens is 3. The van der Waals surface area contributed by atoms with Crippen molar-refractivity contribution in [2.45, 2.75) is 37.8 Å². The Morgan fingerprint density at radius 1 is 1.20 bits per heavy atom. The van der Waals surface area contributed by atoms with Crippen LogP contribution in [-0.4, -0.2) is 11.3 Å². The lowest BCUT2D eigenvalue weighted by atomic mass is 9.99. The molecule has 0 atom stereocenters. The zero-order chi connectivity index (χ0) is 14.3. The average molecular weight is 281 g/mol. The number of hydrogen-bond donors (Lipinski definition) is 1. The fraction of sp³-hybridized carbons (Fsp3) is 0.400. The summed E-state index contributed by atoms with van der Waals surface area (Å²) in [6, 6.07) is 3.52. The van der Waals surface area contributed by atoms with Gasteiger partial charge >= 0.3 is 6.18 Å². The maximum Gasteiger partial charge on any atom is 0.416 e. The maximum atomic E-state index is 12.8. The van der Waals surface area contributed by atoms with Gasteiger partial charge in [0.2, 0.25) is 0 Å². The van der Waals surface area contributed by atoms with E-state index < -0.39 is 11.7 Å². The van der Waals surface area contributed by atoms with Crippen LogP contribution in [0.2, 0.25) is 0 Å². The molecule has 1 aliphatic rings. The summed E-state index contributed by atoms with van der Waals surface area (Å²) >= 11 is 0. The van der Waals surface area contributed by atoms with Crippen LogP contribution in [0.5, 0.6) is 0 Å². The van der Waals surface area contributed by atoms with Crippen LogP contribution in [0.1, 0.15) is 53.2 Å². The Kier molecular flexibility index (Phi) is 3.07. The van der Waals surface area contributed by atoms with Crippen LogP contribution >= 0.6 is 0 Å². The summed E-state index contributed by atoms with van der Waals surface area (Å²) in [7, 11) is 0. The minimum absolute atomic E-state index is 0.261. The van der Waals surface area contributed by atoms with E-state index in [2.05, 4.69) is 4.98 Å². The molecular formula is C15H14F3NO. The van der Waals surface area contributed by atoms with Gasteiger partial charge in [-0.1, -0.05) is 12.8 Å². The Hall–Kier alpha value is -1.78. The normalized spacial score (nSPS) is 16.9. The fourth-order valence-corrected chi connectivity index (χ4v) is 3.07. The smallest absolute Gasteiger partial charge is 0.358 e. The first-order valence-electron chi connectivity index (χ1n) is 6.68. The van der Waals surface area contributed by atoms with Gasteiger partial charge < -0.3 is 4.98 Å². The van der Waals surface area contributed by atoms with Crippen molar-refractivity contribution >= 4 is 17.2 Å². The Morgan fingerprint density at radius 2 is 1.90 bits per heavy atom. The van der Waals surface area contributed by atoms with Crippen molar-refractivity contribution in [1.82, 2.24) is 4.98 Å². The van der Waals surface area contributed by atoms with Crippen molar-refractivity contribution in [3.05, 3.63) is 35.0 Å². The summed E-state index contributed by atoms with van der Waals surface area (Å²) in [6.07, 6.45) is 0.462. The molecule has 0 bridgehead atoms. The van der Waals surface area contributed by atoms with Gasteiger partial charge in [-0.25, -0.2) is 0 Å². The predicted octanol–water partition coefficient (Wildman–Crippen LogP) is 4.66. The largest absolute Gasteiger partial charge is 0.416 e. The van der Waals surface area contributed by atoms with Crippen LogP contribution in [-0.2, 0) is 6.18 Å². The number of carbonyl (C=O) groups is 1. The molecule has 1 fully saturated rings. The number of H-pyrrole nitrogens is 1. The summed E-state index contributed by atoms with van der Waals surface area (Å²) < 4.78 is 38.3. The highest BCUT2D eigenvalue weighted by atomic mass is 19.4. The van der Waals surface area contributed by atoms with Crippen molar-refractivity contribution in [3.63, 3.8) is 0 Å². The zero-order valence-electron chi connectivity index (χ0n) is 10.8. The fourth-order valence-electron chi connectivity index (χ4n) is 3.07. The van der Waals surface area contributed by atoms with Gasteiger partial charge in [0.05, 0.1) is 5.56 Å². The Bertz CT molecular complexity index is 651. The van der Waals surface area contributed by atoms with Crippen molar-refractivity contribution < 1.29 is 18.0 Å². The van der Waals surface area contributed by atoms with Gasteiger partial charge in [0.15, 0.2) is 6.29 Å². The number of aromatic nitrogens is 1. The number of hydrogen-bond acceptors (Lipinski definition) is 1. The molecule has 5 heteroatoms. The number of aromatic amines is 1. The second kappa shape index (κ2) is 4.65. The Morgan fingerprint density at radius 3 is 2.50 bits per heavy atom. The number of carbonyl (C=O) groups excluding carboxylic acids is 1. The molecular weight excluding hydrogens is 267 g/mol. The first kappa shape index (κ1) is 13.2. The van der Waals surface area contributed by atoms with E-state index in [1.165, 1.54) is 6.07 Å². The highest BCUT2D eigenvalue weighted by Crippen LogP contribution is 2.39. The molecule has 20 heavy (non-hydrogen) atoms. The molecule has 106 valence electrons. The lowest BCUT2D eigenvalue weighted by Gasteiger charge is -2.07. The molecule has 0 amide bonds. The van der Waals surface area contributed by atoms with Crippen LogP contribution in [0.15, 0.2) is 18.2 Å². The van der Waals surface area contributed by atoms with Crippen molar-refractivity contribution in [2.24, 2.45) is 0 Å². The summed E-state index contributed by atoms with van der Waals surface area (Å²) in [4.78, 5) is 14.5. The van der Waals surface area contributed by atoms with Crippen LogP contribution in [0.25, 0.3) is 10.9 Å². The van der Waals surface area contributed by atoms with E-state index in [0.29, 0.717) is 22.8 Å². The molecule has 1 aromatic carbocycles. The minimum Gasteiger partial charge on any atom is -0.358 e. The van der Waals surface area contributed by atoms with E-state index in [1.807, 2.05) is 0 Å². The second-order valence-corrected chi connectivity index (χ2v) is 5.31. The first-order valence-corrected chi connectivity index (χ1v) is 6.68. The summed E-state index contributed by atoms with van der Waals surface area (Å²) in [6.45, 7) is 0. The third-order valence-corrected chi connectivity index (χ3v) is 4.08. The molecule has 0 spiro atoms. The molecule has 1 saturated carbocycles. The maximum absolute atomic E-state index is 12.8. The molecule has 0 saturated heterocycles. The number of fused-ring (bicyclic) bond motifs is 1. The zero-order valence-corrected chi connectivity index (χ0v) is 10.8. The predicted molar refractivity (Wildman–Crippen MR) is 69.9 cm³/mol. The van der Waals surface area contributed by atoms with Gasteiger partial charge in [-0.15, -0.1) is 0 Å². The molecule has 1 N–H and O–H groups in total. The van der Waals surface area contributed by atoms with E-state index >= 15 is 0 Å². The minimum atomic E-state index is -4.39. The molecule has 0 aliphatic heterocycles. The summed E-state index contributed by atoms with van der Waals surface area (Å²) in [5, 5.41) is 0.372. The molecule has 3 rings (SSSR count). The van der Waals surface area contributed by atoms with E-state index in [-0.39, 0.29) is 5.92 Å². The topological polar surface area (TPSA) is 32.9 Å². The molecule has 1 aliphatic carbocycles. The van der Waals surface area contributed by atoms with Crippen LogP contribution in [0, 0.1) is 0 Å². The van der Waals surface area contributed by atoms with Crippen LogP contribution in [0.4, 0.5) is 13.2 Å². The lowest BCUT2D eigenvalue weighted by Crippen LogP contribution is -2.04. The standard InChI is InChI=1S/C15H14F3NO/c16-15(17,18)10-5-6-13-11(7-10)12(8-20)14(19-13)9-3-1-2-4-9/h5-9,19H,1-4H2. The van der Waals surface area contributed by atoms with Gasteiger partial charge in [-0.3, -0.25) is 4.79 Å². The van der Waals surface area contributed by atoms with Gasteiger partial charge in [-0.05, 0) is 37.0 Å². The number of benzene rings is 1. The number of alkyl halides is 3. The van der Waals surface area contributed by atoms with E-state index in [4.69, 9.17) is 0 Å². The van der Waals surface area contributed by atoms with E-state index in [0.717, 1.165) is 43.5 Å². The van der Waals surface area contributed by atoms with Gasteiger partial charge in [0.1, 0.15) is 0 Å². The number of aldehydes is 1. The Balaban J connectivity index is 2.16. The SMILES string of the molecule is O=Cc1c(C2CCCC2)[nH]c2ccc(C(F)(F)F)cc12. The first-order chi connectivity index (χ1) is 9.50. The quantitative estimate of drug-likeness (QED) is 0.798. The van der Waals surface area contributed by atoms with Crippen molar-refractivity contribution in [1.29, 1.82) is 0 Å². The molecule has 2 aromatic rings. The molecule has 1 heterocycles. The molecule has 2 nitrogen and oxygen atoms in total. The molecule has 1 aromatic heterocycles. The molecule has 0 unspecified atom stereocenters. The van der Waals surface area contributed by atoms with Crippen LogP contribution < -0.4 is 0 Å². The lowest BCUT2D eigenvalue weighted by molar-refractivity contribution is -0.137. The second-order valence-electron chi connectivity index (χ2n) is 5.31. The van der Waals surface area contributed by atoms with E-state index in [1.54, 1.807) is 0 Å². The molecule has 0 radical (unpaired) electrons. The van der Waals surface area contributed by atoms with Crippen molar-refractivity contribution in [3.8, 4) is 0 Å². The Labute approximate surface area is 114 Å². The van der Waals surface area contributed by atoms with Gasteiger partial charge in [-0.2, -0.15) is 13.2 Å². The monoisotopic (exact) mass is 281 g/mol. The van der Waals surface area contributed by atoms with Gasteiger partial charge in [0, 0.05) is 22.2 Å².